The largest absolute Gasteiger partial charge is 0.457 e. The van der Waals surface area contributed by atoms with Gasteiger partial charge in [0.15, 0.2) is 11.5 Å². The second kappa shape index (κ2) is 6.97. The third-order valence-corrected chi connectivity index (χ3v) is 5.07. The maximum absolute atomic E-state index is 5.89. The zero-order valence-corrected chi connectivity index (χ0v) is 15.6. The van der Waals surface area contributed by atoms with Crippen LogP contribution in [0.5, 0.6) is 11.5 Å². The van der Waals surface area contributed by atoms with Gasteiger partial charge in [-0.3, -0.25) is 0 Å². The van der Waals surface area contributed by atoms with Crippen LogP contribution in [0, 0.1) is 5.92 Å². The highest BCUT2D eigenvalue weighted by molar-refractivity contribution is 5.63. The van der Waals surface area contributed by atoms with Crippen LogP contribution < -0.4 is 4.74 Å². The molecule has 1 aliphatic rings. The van der Waals surface area contributed by atoms with Crippen LogP contribution in [-0.2, 0) is 6.42 Å². The molecule has 4 aromatic rings. The minimum Gasteiger partial charge on any atom is -0.457 e. The van der Waals surface area contributed by atoms with Crippen LogP contribution in [0.2, 0.25) is 0 Å². The van der Waals surface area contributed by atoms with Crippen LogP contribution in [0.4, 0.5) is 0 Å². The van der Waals surface area contributed by atoms with Crippen molar-refractivity contribution in [1.29, 1.82) is 0 Å². The molecule has 138 valence electrons. The lowest BCUT2D eigenvalue weighted by atomic mass is 10.1. The Morgan fingerprint density at radius 1 is 0.929 bits per heavy atom. The van der Waals surface area contributed by atoms with E-state index in [1.54, 1.807) is 0 Å². The monoisotopic (exact) mass is 367 g/mol. The first-order valence-electron chi connectivity index (χ1n) is 9.62. The summed E-state index contributed by atoms with van der Waals surface area (Å²) in [6.07, 6.45) is 3.28. The number of rotatable bonds is 6. The number of nitrogens with zero attached hydrogens (tertiary/aromatic N) is 3. The number of para-hydroxylation sites is 1. The molecule has 0 N–H and O–H groups in total. The number of hydrogen-bond acceptors (Lipinski definition) is 3. The smallest absolute Gasteiger partial charge is 0.156 e. The van der Waals surface area contributed by atoms with Crippen molar-refractivity contribution in [2.45, 2.75) is 19.3 Å². The van der Waals surface area contributed by atoms with E-state index in [-0.39, 0.29) is 0 Å². The molecule has 2 heterocycles. The summed E-state index contributed by atoms with van der Waals surface area (Å²) in [5, 5.41) is 4.74. The molecule has 1 saturated carbocycles. The first kappa shape index (κ1) is 16.8. The summed E-state index contributed by atoms with van der Waals surface area (Å²) in [5.41, 5.74) is 4.20. The minimum absolute atomic E-state index is 0.670. The summed E-state index contributed by atoms with van der Waals surface area (Å²) in [5.74, 6) is 3.15. The molecule has 1 fully saturated rings. The summed E-state index contributed by atoms with van der Waals surface area (Å²) in [6.45, 7) is 4.20. The van der Waals surface area contributed by atoms with Crippen LogP contribution in [0.1, 0.15) is 18.7 Å². The predicted molar refractivity (Wildman–Crippen MR) is 111 cm³/mol. The Labute approximate surface area is 164 Å². The fourth-order valence-electron chi connectivity index (χ4n) is 3.40. The van der Waals surface area contributed by atoms with Gasteiger partial charge in [-0.25, -0.2) is 9.50 Å². The van der Waals surface area contributed by atoms with Gasteiger partial charge in [0.25, 0.3) is 0 Å². The van der Waals surface area contributed by atoms with Gasteiger partial charge in [-0.2, -0.15) is 5.10 Å². The molecule has 0 amide bonds. The maximum atomic E-state index is 5.89. The molecule has 4 heteroatoms. The molecule has 0 bridgehead atoms. The average Bonchev–Trinajstić information content (AvgIpc) is 3.49. The summed E-state index contributed by atoms with van der Waals surface area (Å²) >= 11 is 0. The summed E-state index contributed by atoms with van der Waals surface area (Å²) in [7, 11) is 0. The Hall–Kier alpha value is -3.40. The molecular weight excluding hydrogens is 346 g/mol. The Balaban J connectivity index is 1.42. The van der Waals surface area contributed by atoms with Gasteiger partial charge >= 0.3 is 0 Å². The lowest BCUT2D eigenvalue weighted by molar-refractivity contribution is 0.483. The Kier molecular flexibility index (Phi) is 4.17. The van der Waals surface area contributed by atoms with Crippen molar-refractivity contribution in [1.82, 2.24) is 14.6 Å². The molecule has 0 spiro atoms. The Morgan fingerprint density at radius 2 is 1.68 bits per heavy atom. The molecule has 28 heavy (non-hydrogen) atoms. The first-order valence-corrected chi connectivity index (χ1v) is 9.62. The molecule has 0 unspecified atom stereocenters. The lowest BCUT2D eigenvalue weighted by Gasteiger charge is -2.08. The molecule has 2 aromatic carbocycles. The molecule has 5 rings (SSSR count). The van der Waals surface area contributed by atoms with Gasteiger partial charge in [-0.05, 0) is 67.3 Å². The number of fused-ring (bicyclic) bond motifs is 1. The molecule has 2 aromatic heterocycles. The van der Waals surface area contributed by atoms with Crippen LogP contribution in [0.25, 0.3) is 16.9 Å². The van der Waals surface area contributed by atoms with Crippen molar-refractivity contribution in [3.8, 4) is 22.8 Å². The molecule has 1 aliphatic carbocycles. The minimum atomic E-state index is 0.670. The fourth-order valence-corrected chi connectivity index (χ4v) is 3.40. The van der Waals surface area contributed by atoms with Crippen molar-refractivity contribution in [3.05, 3.63) is 90.8 Å². The quantitative estimate of drug-likeness (QED) is 0.411. The van der Waals surface area contributed by atoms with Crippen molar-refractivity contribution in [2.75, 3.05) is 0 Å². The summed E-state index contributed by atoms with van der Waals surface area (Å²) in [6, 6.07) is 23.9. The first-order chi connectivity index (χ1) is 13.8. The third kappa shape index (κ3) is 3.41. The van der Waals surface area contributed by atoms with Crippen molar-refractivity contribution < 1.29 is 4.74 Å². The number of allylic oxidation sites excluding steroid dienone is 1. The fraction of sp³-hybridized carbons (Fsp3) is 0.167. The number of benzene rings is 2. The summed E-state index contributed by atoms with van der Waals surface area (Å²) in [4.78, 5) is 4.69. The lowest BCUT2D eigenvalue weighted by Crippen LogP contribution is -1.96. The highest BCUT2D eigenvalue weighted by atomic mass is 16.5. The van der Waals surface area contributed by atoms with Gasteiger partial charge < -0.3 is 4.74 Å². The van der Waals surface area contributed by atoms with Gasteiger partial charge in [0.2, 0.25) is 0 Å². The van der Waals surface area contributed by atoms with Gasteiger partial charge in [0, 0.05) is 12.0 Å². The van der Waals surface area contributed by atoms with E-state index >= 15 is 0 Å². The SMILES string of the molecule is C=C(Cc1nc2cccc(-c3ccc(Oc4ccccc4)cc3)n2n1)C1CC1. The predicted octanol–water partition coefficient (Wildman–Crippen LogP) is 5.70. The zero-order valence-electron chi connectivity index (χ0n) is 15.6. The molecule has 4 nitrogen and oxygen atoms in total. The van der Waals surface area contributed by atoms with Crippen molar-refractivity contribution in [2.24, 2.45) is 5.92 Å². The van der Waals surface area contributed by atoms with E-state index in [9.17, 15) is 0 Å². The Morgan fingerprint density at radius 3 is 2.43 bits per heavy atom. The maximum Gasteiger partial charge on any atom is 0.156 e. The number of hydrogen-bond donors (Lipinski definition) is 0. The number of aromatic nitrogens is 3. The molecule has 0 atom stereocenters. The highest BCUT2D eigenvalue weighted by Crippen LogP contribution is 2.36. The zero-order chi connectivity index (χ0) is 18.9. The van der Waals surface area contributed by atoms with Gasteiger partial charge in [-0.1, -0.05) is 36.4 Å². The second-order valence-electron chi connectivity index (χ2n) is 7.26. The molecular formula is C24H21N3O. The van der Waals surface area contributed by atoms with E-state index in [4.69, 9.17) is 9.84 Å². The molecule has 0 radical (unpaired) electrons. The van der Waals surface area contributed by atoms with Crippen LogP contribution in [-0.4, -0.2) is 14.6 Å². The van der Waals surface area contributed by atoms with Crippen molar-refractivity contribution >= 4 is 5.65 Å². The van der Waals surface area contributed by atoms with E-state index in [0.29, 0.717) is 5.92 Å². The molecule has 0 aliphatic heterocycles. The van der Waals surface area contributed by atoms with Gasteiger partial charge in [0.05, 0.1) is 5.69 Å². The van der Waals surface area contributed by atoms with E-state index in [1.807, 2.05) is 59.1 Å². The summed E-state index contributed by atoms with van der Waals surface area (Å²) < 4.78 is 7.81. The average molecular weight is 367 g/mol. The van der Waals surface area contributed by atoms with E-state index in [2.05, 4.69) is 29.8 Å². The van der Waals surface area contributed by atoms with E-state index < -0.39 is 0 Å². The molecule has 0 saturated heterocycles. The second-order valence-corrected chi connectivity index (χ2v) is 7.26. The van der Waals surface area contributed by atoms with Crippen LogP contribution in [0.3, 0.4) is 0 Å². The van der Waals surface area contributed by atoms with Crippen LogP contribution in [0.15, 0.2) is 84.9 Å². The standard InChI is InChI=1S/C24H21N3O/c1-17(18-10-11-18)16-23-25-24-9-5-8-22(27(24)26-23)19-12-14-21(15-13-19)28-20-6-3-2-4-7-20/h2-9,12-15,18H,1,10-11,16H2. The Bertz CT molecular complexity index is 1130. The highest BCUT2D eigenvalue weighted by Gasteiger charge is 2.25. The normalized spacial score (nSPS) is 13.6. The third-order valence-electron chi connectivity index (χ3n) is 5.07. The topological polar surface area (TPSA) is 39.4 Å². The number of ether oxygens (including phenoxy) is 1. The van der Waals surface area contributed by atoms with E-state index in [0.717, 1.165) is 40.6 Å². The van der Waals surface area contributed by atoms with E-state index in [1.165, 1.54) is 18.4 Å². The number of pyridine rings is 1. The van der Waals surface area contributed by atoms with Gasteiger partial charge in [-0.15, -0.1) is 0 Å². The van der Waals surface area contributed by atoms with Gasteiger partial charge in [0.1, 0.15) is 11.5 Å². The van der Waals surface area contributed by atoms with Crippen LogP contribution >= 0.6 is 0 Å². The van der Waals surface area contributed by atoms with Crippen molar-refractivity contribution in [3.63, 3.8) is 0 Å².